The molecule has 0 bridgehead atoms. The molecule has 0 saturated carbocycles. The minimum absolute atomic E-state index is 0.984. The van der Waals surface area contributed by atoms with Gasteiger partial charge in [0, 0.05) is 10.8 Å². The highest BCUT2D eigenvalue weighted by Crippen LogP contribution is 2.28. The topological polar surface area (TPSA) is 13.1 Å². The van der Waals surface area contributed by atoms with Crippen molar-refractivity contribution in [2.75, 3.05) is 0 Å². The van der Waals surface area contributed by atoms with Crippen LogP contribution in [0.3, 0.4) is 0 Å². The van der Waals surface area contributed by atoms with Gasteiger partial charge in [-0.3, -0.25) is 0 Å². The molecule has 0 unspecified atom stereocenters. The Hall–Kier alpha value is -0.890. The molecule has 0 fully saturated rings. The SMILES string of the molecule is Bc1cc(B)c2c(oc3c(Br)c(B)c(B)c(B)c32)c1B. The number of halogens is 1. The first-order valence-electron chi connectivity index (χ1n) is 6.92. The van der Waals surface area contributed by atoms with Crippen LogP contribution in [0.5, 0.6) is 0 Å². The number of hydrogen-bond donors (Lipinski definition) is 0. The molecular weight excluding hydrogens is 305 g/mol. The van der Waals surface area contributed by atoms with Crippen molar-refractivity contribution in [3.8, 4) is 0 Å². The molecule has 0 radical (unpaired) electrons. The van der Waals surface area contributed by atoms with Gasteiger partial charge in [-0.2, -0.15) is 0 Å². The number of benzene rings is 2. The van der Waals surface area contributed by atoms with E-state index in [-0.39, 0.29) is 0 Å². The molecule has 0 atom stereocenters. The molecule has 2 aromatic carbocycles. The van der Waals surface area contributed by atoms with Crippen LogP contribution < -0.4 is 32.8 Å². The van der Waals surface area contributed by atoms with E-state index in [1.807, 2.05) is 0 Å². The van der Waals surface area contributed by atoms with Gasteiger partial charge in [-0.1, -0.05) is 38.8 Å². The highest BCUT2D eigenvalue weighted by Gasteiger charge is 2.19. The monoisotopic (exact) mass is 318 g/mol. The fourth-order valence-corrected chi connectivity index (χ4v) is 3.65. The van der Waals surface area contributed by atoms with Crippen LogP contribution in [0.1, 0.15) is 0 Å². The van der Waals surface area contributed by atoms with Gasteiger partial charge in [0.2, 0.25) is 0 Å². The highest BCUT2D eigenvalue weighted by molar-refractivity contribution is 9.10. The summed E-state index contributed by atoms with van der Waals surface area (Å²) in [6.07, 6.45) is 0. The lowest BCUT2D eigenvalue weighted by molar-refractivity contribution is 0.670. The minimum Gasteiger partial charge on any atom is -0.456 e. The Morgan fingerprint density at radius 1 is 0.700 bits per heavy atom. The van der Waals surface area contributed by atoms with E-state index in [1.165, 1.54) is 43.5 Å². The Kier molecular flexibility index (Phi) is 3.20. The highest BCUT2D eigenvalue weighted by atomic mass is 79.9. The predicted octanol–water partition coefficient (Wildman–Crippen LogP) is -6.10. The average molecular weight is 318 g/mol. The lowest BCUT2D eigenvalue weighted by Gasteiger charge is -2.10. The molecule has 1 nitrogen and oxygen atoms in total. The fourth-order valence-electron chi connectivity index (χ4n) is 3.07. The number of rotatable bonds is 0. The zero-order valence-electron chi connectivity index (χ0n) is 12.9. The van der Waals surface area contributed by atoms with Crippen LogP contribution in [0.15, 0.2) is 15.0 Å². The van der Waals surface area contributed by atoms with E-state index in [9.17, 15) is 0 Å². The molecule has 92 valence electrons. The van der Waals surface area contributed by atoms with Crippen molar-refractivity contribution < 1.29 is 4.42 Å². The van der Waals surface area contributed by atoms with Gasteiger partial charge >= 0.3 is 0 Å². The van der Waals surface area contributed by atoms with E-state index < -0.39 is 0 Å². The average Bonchev–Trinajstić information content (AvgIpc) is 2.81. The van der Waals surface area contributed by atoms with Crippen LogP contribution in [0.25, 0.3) is 21.9 Å². The van der Waals surface area contributed by atoms with Gasteiger partial charge in [-0.25, -0.2) is 0 Å². The molecule has 0 N–H and O–H groups in total. The molecule has 3 aromatic rings. The van der Waals surface area contributed by atoms with Crippen molar-refractivity contribution >= 4 is 118 Å². The molecule has 0 aliphatic carbocycles. The van der Waals surface area contributed by atoms with Crippen molar-refractivity contribution in [1.82, 2.24) is 0 Å². The van der Waals surface area contributed by atoms with Crippen LogP contribution in [0.4, 0.5) is 0 Å². The maximum atomic E-state index is 6.25. The predicted molar refractivity (Wildman–Crippen MR) is 110 cm³/mol. The second-order valence-corrected chi connectivity index (χ2v) is 6.63. The normalized spacial score (nSPS) is 11.4. The first-order valence-corrected chi connectivity index (χ1v) is 7.72. The van der Waals surface area contributed by atoms with Gasteiger partial charge in [0.25, 0.3) is 0 Å². The summed E-state index contributed by atoms with van der Waals surface area (Å²) in [6, 6.07) is 2.26. The van der Waals surface area contributed by atoms with Crippen molar-refractivity contribution in [2.24, 2.45) is 0 Å². The van der Waals surface area contributed by atoms with Crippen LogP contribution in [-0.2, 0) is 0 Å². The summed E-state index contributed by atoms with van der Waals surface area (Å²) in [7, 11) is 13.0. The van der Waals surface area contributed by atoms with E-state index in [4.69, 9.17) is 4.42 Å². The van der Waals surface area contributed by atoms with Crippen LogP contribution in [0, 0.1) is 0 Å². The summed E-state index contributed by atoms with van der Waals surface area (Å²) >= 11 is 3.72. The van der Waals surface area contributed by atoms with E-state index in [0.29, 0.717) is 0 Å². The van der Waals surface area contributed by atoms with E-state index in [1.54, 1.807) is 0 Å². The molecule has 0 spiro atoms. The van der Waals surface area contributed by atoms with Crippen LogP contribution in [-0.4, -0.2) is 47.1 Å². The maximum absolute atomic E-state index is 6.25. The summed E-state index contributed by atoms with van der Waals surface area (Å²) in [5.41, 5.74) is 9.76. The lowest BCUT2D eigenvalue weighted by Crippen LogP contribution is -2.40. The van der Waals surface area contributed by atoms with E-state index in [2.05, 4.69) is 69.1 Å². The zero-order valence-corrected chi connectivity index (χ0v) is 14.4. The molecule has 20 heavy (non-hydrogen) atoms. The number of fused-ring (bicyclic) bond motifs is 3. The Morgan fingerprint density at radius 3 is 2.00 bits per heavy atom. The first kappa shape index (κ1) is 14.1. The first-order chi connectivity index (χ1) is 9.34. The van der Waals surface area contributed by atoms with Crippen LogP contribution in [0.2, 0.25) is 0 Å². The quantitative estimate of drug-likeness (QED) is 0.376. The second kappa shape index (κ2) is 4.56. The maximum Gasteiger partial charge on any atom is 0.148 e. The second-order valence-electron chi connectivity index (χ2n) is 5.83. The molecular formula is C12H13B6BrO. The van der Waals surface area contributed by atoms with E-state index >= 15 is 0 Å². The molecule has 0 aliphatic heterocycles. The third kappa shape index (κ3) is 1.70. The lowest BCUT2D eigenvalue weighted by atomic mass is 9.69. The summed E-state index contributed by atoms with van der Waals surface area (Å²) < 4.78 is 7.33. The molecule has 0 amide bonds. The summed E-state index contributed by atoms with van der Waals surface area (Å²) in [5.74, 6) is 0. The molecule has 0 saturated heterocycles. The Morgan fingerprint density at radius 2 is 1.35 bits per heavy atom. The van der Waals surface area contributed by atoms with Crippen molar-refractivity contribution in [3.63, 3.8) is 0 Å². The Bertz CT molecular complexity index is 885. The molecule has 3 rings (SSSR count). The zero-order chi connectivity index (χ0) is 14.8. The third-order valence-corrected chi connectivity index (χ3v) is 5.65. The smallest absolute Gasteiger partial charge is 0.148 e. The van der Waals surface area contributed by atoms with Crippen molar-refractivity contribution in [3.05, 3.63) is 10.5 Å². The molecule has 1 aromatic heterocycles. The third-order valence-electron chi connectivity index (χ3n) is 4.70. The number of hydrogen-bond acceptors (Lipinski definition) is 1. The van der Waals surface area contributed by atoms with Gasteiger partial charge in [0.15, 0.2) is 0 Å². The van der Waals surface area contributed by atoms with E-state index in [0.717, 1.165) is 15.6 Å². The van der Waals surface area contributed by atoms with Gasteiger partial charge in [0.1, 0.15) is 58.2 Å². The molecule has 0 aliphatic rings. The number of furan rings is 1. The molecule has 1 heterocycles. The Balaban J connectivity index is 2.71. The van der Waals surface area contributed by atoms with Gasteiger partial charge in [0.05, 0.1) is 4.47 Å². The fraction of sp³-hybridized carbons (Fsp3) is 0. The summed E-state index contributed by atoms with van der Waals surface area (Å²) in [5, 5.41) is 2.53. The summed E-state index contributed by atoms with van der Waals surface area (Å²) in [4.78, 5) is 0. The summed E-state index contributed by atoms with van der Waals surface area (Å²) in [6.45, 7) is 0. The van der Waals surface area contributed by atoms with Crippen molar-refractivity contribution in [2.45, 2.75) is 0 Å². The van der Waals surface area contributed by atoms with Gasteiger partial charge in [-0.15, -0.1) is 0 Å². The Labute approximate surface area is 132 Å². The largest absolute Gasteiger partial charge is 0.456 e. The standard InChI is InChI=1S/C12H13B6BrO/c13-2-1-3(14)6(15)11-4(2)5-7(16)8(17)9(18)10(19)12(5)20-11/h1H,13-18H2. The van der Waals surface area contributed by atoms with Gasteiger partial charge < -0.3 is 4.42 Å². The van der Waals surface area contributed by atoms with Crippen molar-refractivity contribution in [1.29, 1.82) is 0 Å². The van der Waals surface area contributed by atoms with Gasteiger partial charge in [-0.05, 0) is 15.9 Å². The molecule has 8 heteroatoms. The van der Waals surface area contributed by atoms with Crippen LogP contribution >= 0.6 is 15.9 Å². The minimum atomic E-state index is 0.984.